The van der Waals surface area contributed by atoms with Gasteiger partial charge in [0.05, 0.1) is 6.54 Å². The Balaban J connectivity index is 2.04. The van der Waals surface area contributed by atoms with Crippen LogP contribution in [0.4, 0.5) is 0 Å². The predicted octanol–water partition coefficient (Wildman–Crippen LogP) is 0.833. The van der Waals surface area contributed by atoms with Gasteiger partial charge in [-0.3, -0.25) is 9.69 Å². The van der Waals surface area contributed by atoms with E-state index < -0.39 is 0 Å². The number of carbonyl (C=O) groups is 1. The SMILES string of the molecule is CC(C)CNC(=O)CNCC(C)N1CCCC1. The molecule has 1 atom stereocenters. The van der Waals surface area contributed by atoms with Crippen LogP contribution in [0.3, 0.4) is 0 Å². The van der Waals surface area contributed by atoms with E-state index in [1.54, 1.807) is 0 Å². The van der Waals surface area contributed by atoms with Crippen LogP contribution < -0.4 is 10.6 Å². The summed E-state index contributed by atoms with van der Waals surface area (Å²) in [5.41, 5.74) is 0. The van der Waals surface area contributed by atoms with Gasteiger partial charge in [-0.15, -0.1) is 0 Å². The van der Waals surface area contributed by atoms with Gasteiger partial charge in [0.2, 0.25) is 5.91 Å². The highest BCUT2D eigenvalue weighted by Gasteiger charge is 2.17. The Morgan fingerprint density at radius 1 is 1.18 bits per heavy atom. The summed E-state index contributed by atoms with van der Waals surface area (Å²) in [6.45, 7) is 10.9. The van der Waals surface area contributed by atoms with Crippen molar-refractivity contribution < 1.29 is 4.79 Å². The first-order chi connectivity index (χ1) is 8.09. The van der Waals surface area contributed by atoms with Crippen LogP contribution in [0.1, 0.15) is 33.6 Å². The van der Waals surface area contributed by atoms with Crippen molar-refractivity contribution in [1.82, 2.24) is 15.5 Å². The summed E-state index contributed by atoms with van der Waals surface area (Å²) in [4.78, 5) is 13.9. The van der Waals surface area contributed by atoms with Crippen molar-refractivity contribution in [3.63, 3.8) is 0 Å². The molecule has 1 unspecified atom stereocenters. The molecule has 0 aliphatic carbocycles. The van der Waals surface area contributed by atoms with E-state index >= 15 is 0 Å². The van der Waals surface area contributed by atoms with E-state index in [9.17, 15) is 4.79 Å². The maximum Gasteiger partial charge on any atom is 0.233 e. The van der Waals surface area contributed by atoms with Crippen LogP contribution >= 0.6 is 0 Å². The number of hydrogen-bond donors (Lipinski definition) is 2. The first-order valence-corrected chi connectivity index (χ1v) is 6.81. The van der Waals surface area contributed by atoms with Gasteiger partial charge < -0.3 is 10.6 Å². The van der Waals surface area contributed by atoms with Gasteiger partial charge >= 0.3 is 0 Å². The Kier molecular flexibility index (Phi) is 6.52. The van der Waals surface area contributed by atoms with Gasteiger partial charge in [0.25, 0.3) is 0 Å². The molecule has 1 amide bonds. The second-order valence-electron chi connectivity index (χ2n) is 5.42. The summed E-state index contributed by atoms with van der Waals surface area (Å²) in [6.07, 6.45) is 2.64. The van der Waals surface area contributed by atoms with E-state index in [4.69, 9.17) is 0 Å². The number of amides is 1. The highest BCUT2D eigenvalue weighted by atomic mass is 16.1. The minimum Gasteiger partial charge on any atom is -0.355 e. The molecule has 1 fully saturated rings. The minimum absolute atomic E-state index is 0.104. The molecule has 1 rings (SSSR count). The standard InChI is InChI=1S/C13H27N3O/c1-11(2)8-15-13(17)10-14-9-12(3)16-6-4-5-7-16/h11-12,14H,4-10H2,1-3H3,(H,15,17). The molecular weight excluding hydrogens is 214 g/mol. The molecule has 0 bridgehead atoms. The number of carbonyl (C=O) groups excluding carboxylic acids is 1. The van der Waals surface area contributed by atoms with Gasteiger partial charge in [0, 0.05) is 19.1 Å². The molecule has 1 aliphatic heterocycles. The van der Waals surface area contributed by atoms with Crippen molar-refractivity contribution in [2.24, 2.45) is 5.92 Å². The molecule has 0 saturated carbocycles. The minimum atomic E-state index is 0.104. The molecule has 2 N–H and O–H groups in total. The summed E-state index contributed by atoms with van der Waals surface area (Å²) >= 11 is 0. The molecule has 100 valence electrons. The van der Waals surface area contributed by atoms with Crippen molar-refractivity contribution in [3.8, 4) is 0 Å². The highest BCUT2D eigenvalue weighted by molar-refractivity contribution is 5.77. The molecule has 0 spiro atoms. The molecule has 1 saturated heterocycles. The van der Waals surface area contributed by atoms with E-state index in [2.05, 4.69) is 36.3 Å². The lowest BCUT2D eigenvalue weighted by Crippen LogP contribution is -2.42. The molecule has 0 aromatic heterocycles. The van der Waals surface area contributed by atoms with Crippen LogP contribution in [-0.2, 0) is 4.79 Å². The van der Waals surface area contributed by atoms with Crippen molar-refractivity contribution in [2.75, 3.05) is 32.7 Å². The van der Waals surface area contributed by atoms with Crippen molar-refractivity contribution in [1.29, 1.82) is 0 Å². The van der Waals surface area contributed by atoms with Crippen LogP contribution in [0.5, 0.6) is 0 Å². The smallest absolute Gasteiger partial charge is 0.233 e. The maximum atomic E-state index is 11.5. The Labute approximate surface area is 105 Å². The van der Waals surface area contributed by atoms with Crippen molar-refractivity contribution in [3.05, 3.63) is 0 Å². The van der Waals surface area contributed by atoms with Gasteiger partial charge in [-0.05, 0) is 38.8 Å². The zero-order valence-corrected chi connectivity index (χ0v) is 11.5. The zero-order chi connectivity index (χ0) is 12.7. The van der Waals surface area contributed by atoms with Crippen LogP contribution in [0, 0.1) is 5.92 Å². The Hall–Kier alpha value is -0.610. The highest BCUT2D eigenvalue weighted by Crippen LogP contribution is 2.10. The largest absolute Gasteiger partial charge is 0.355 e. The summed E-state index contributed by atoms with van der Waals surface area (Å²) in [6, 6.07) is 0.537. The summed E-state index contributed by atoms with van der Waals surface area (Å²) in [5, 5.41) is 6.14. The van der Waals surface area contributed by atoms with E-state index in [0.29, 0.717) is 18.5 Å². The number of hydrogen-bond acceptors (Lipinski definition) is 3. The van der Waals surface area contributed by atoms with E-state index in [1.807, 2.05) is 0 Å². The average molecular weight is 241 g/mol. The quantitative estimate of drug-likeness (QED) is 0.694. The van der Waals surface area contributed by atoms with Gasteiger partial charge in [-0.25, -0.2) is 0 Å². The molecule has 0 aromatic carbocycles. The van der Waals surface area contributed by atoms with E-state index in [-0.39, 0.29) is 5.91 Å². The van der Waals surface area contributed by atoms with E-state index in [0.717, 1.165) is 13.1 Å². The molecule has 0 aromatic rings. The third kappa shape index (κ3) is 6.03. The van der Waals surface area contributed by atoms with Gasteiger partial charge in [-0.2, -0.15) is 0 Å². The molecule has 0 radical (unpaired) electrons. The fourth-order valence-electron chi connectivity index (χ4n) is 2.09. The third-order valence-electron chi connectivity index (χ3n) is 3.20. The topological polar surface area (TPSA) is 44.4 Å². The lowest BCUT2D eigenvalue weighted by molar-refractivity contribution is -0.120. The first kappa shape index (κ1) is 14.5. The van der Waals surface area contributed by atoms with Gasteiger partial charge in [0.15, 0.2) is 0 Å². The van der Waals surface area contributed by atoms with Crippen molar-refractivity contribution >= 4 is 5.91 Å². The number of nitrogens with zero attached hydrogens (tertiary/aromatic N) is 1. The lowest BCUT2D eigenvalue weighted by Gasteiger charge is -2.23. The second kappa shape index (κ2) is 7.67. The van der Waals surface area contributed by atoms with Crippen LogP contribution in [0.25, 0.3) is 0 Å². The summed E-state index contributed by atoms with van der Waals surface area (Å²) < 4.78 is 0. The Morgan fingerprint density at radius 3 is 2.41 bits per heavy atom. The van der Waals surface area contributed by atoms with Crippen LogP contribution in [-0.4, -0.2) is 49.6 Å². The second-order valence-corrected chi connectivity index (χ2v) is 5.42. The summed E-state index contributed by atoms with van der Waals surface area (Å²) in [5.74, 6) is 0.620. The van der Waals surface area contributed by atoms with Crippen LogP contribution in [0.15, 0.2) is 0 Å². The Bertz CT molecular complexity index is 225. The fraction of sp³-hybridized carbons (Fsp3) is 0.923. The van der Waals surface area contributed by atoms with E-state index in [1.165, 1.54) is 25.9 Å². The van der Waals surface area contributed by atoms with Gasteiger partial charge in [0.1, 0.15) is 0 Å². The number of nitrogens with one attached hydrogen (secondary N) is 2. The maximum absolute atomic E-state index is 11.5. The first-order valence-electron chi connectivity index (χ1n) is 6.81. The van der Waals surface area contributed by atoms with Gasteiger partial charge in [-0.1, -0.05) is 13.8 Å². The Morgan fingerprint density at radius 2 is 1.82 bits per heavy atom. The monoisotopic (exact) mass is 241 g/mol. The predicted molar refractivity (Wildman–Crippen MR) is 71.0 cm³/mol. The molecule has 4 nitrogen and oxygen atoms in total. The fourth-order valence-corrected chi connectivity index (χ4v) is 2.09. The molecule has 1 aliphatic rings. The third-order valence-corrected chi connectivity index (χ3v) is 3.20. The molecular formula is C13H27N3O. The molecule has 1 heterocycles. The number of rotatable bonds is 7. The normalized spacial score (nSPS) is 18.6. The molecule has 17 heavy (non-hydrogen) atoms. The number of likely N-dealkylation sites (tertiary alicyclic amines) is 1. The lowest BCUT2D eigenvalue weighted by atomic mass is 10.2. The zero-order valence-electron chi connectivity index (χ0n) is 11.5. The average Bonchev–Trinajstić information content (AvgIpc) is 2.79. The summed E-state index contributed by atoms with van der Waals surface area (Å²) in [7, 11) is 0. The van der Waals surface area contributed by atoms with Crippen LogP contribution in [0.2, 0.25) is 0 Å². The molecule has 4 heteroatoms. The van der Waals surface area contributed by atoms with Crippen molar-refractivity contribution in [2.45, 2.75) is 39.7 Å².